The molecule has 0 unspecified atom stereocenters. The molecule has 2 rings (SSSR count). The fourth-order valence-electron chi connectivity index (χ4n) is 2.55. The molecule has 0 atom stereocenters. The lowest BCUT2D eigenvalue weighted by molar-refractivity contribution is 0.0702. The summed E-state index contributed by atoms with van der Waals surface area (Å²) in [6.45, 7) is 5.89. The van der Waals surface area contributed by atoms with Gasteiger partial charge in [-0.1, -0.05) is 0 Å². The van der Waals surface area contributed by atoms with Crippen LogP contribution in [0.25, 0.3) is 0 Å². The van der Waals surface area contributed by atoms with Gasteiger partial charge >= 0.3 is 0 Å². The maximum atomic E-state index is 13.0. The lowest BCUT2D eigenvalue weighted by Gasteiger charge is -2.36. The fraction of sp³-hybridized carbons (Fsp3) is 0.588. The molecular formula is C17H28FIN4O2. The van der Waals surface area contributed by atoms with Crippen LogP contribution in [0.2, 0.25) is 0 Å². The number of piperazine rings is 1. The Labute approximate surface area is 166 Å². The largest absolute Gasteiger partial charge is 0.382 e. The summed E-state index contributed by atoms with van der Waals surface area (Å²) in [5.74, 6) is 0.380. The van der Waals surface area contributed by atoms with E-state index in [1.165, 1.54) is 12.1 Å². The van der Waals surface area contributed by atoms with Crippen molar-refractivity contribution in [2.24, 2.45) is 10.7 Å². The molecule has 8 heteroatoms. The van der Waals surface area contributed by atoms with Crippen LogP contribution in [0.15, 0.2) is 29.3 Å². The van der Waals surface area contributed by atoms with Gasteiger partial charge in [-0.05, 0) is 30.7 Å². The standard InChI is InChI=1S/C17H27FN4O2.HI/c1-23-13-14-24-12-2-7-20-17(19)22-10-8-21(9-11-22)16-5-3-15(18)4-6-16;/h3-6H,2,7-14H2,1H3,(H2,19,20);1H. The third-order valence-corrected chi connectivity index (χ3v) is 3.95. The summed E-state index contributed by atoms with van der Waals surface area (Å²) in [5, 5.41) is 0. The van der Waals surface area contributed by atoms with Crippen LogP contribution < -0.4 is 10.6 Å². The van der Waals surface area contributed by atoms with E-state index in [9.17, 15) is 4.39 Å². The molecule has 25 heavy (non-hydrogen) atoms. The van der Waals surface area contributed by atoms with E-state index in [0.717, 1.165) is 38.3 Å². The summed E-state index contributed by atoms with van der Waals surface area (Å²) in [6.07, 6.45) is 0.847. The minimum Gasteiger partial charge on any atom is -0.382 e. The van der Waals surface area contributed by atoms with Crippen LogP contribution in [-0.2, 0) is 9.47 Å². The number of anilines is 1. The average molecular weight is 466 g/mol. The van der Waals surface area contributed by atoms with Gasteiger partial charge < -0.3 is 25.0 Å². The summed E-state index contributed by atoms with van der Waals surface area (Å²) in [4.78, 5) is 8.73. The van der Waals surface area contributed by atoms with Gasteiger partial charge in [-0.25, -0.2) is 4.39 Å². The number of nitrogens with zero attached hydrogens (tertiary/aromatic N) is 3. The van der Waals surface area contributed by atoms with E-state index in [1.54, 1.807) is 7.11 Å². The van der Waals surface area contributed by atoms with Crippen LogP contribution in [0.3, 0.4) is 0 Å². The van der Waals surface area contributed by atoms with Crippen LogP contribution in [0.5, 0.6) is 0 Å². The van der Waals surface area contributed by atoms with Gasteiger partial charge in [-0.2, -0.15) is 0 Å². The third-order valence-electron chi connectivity index (χ3n) is 3.95. The Morgan fingerprint density at radius 3 is 2.44 bits per heavy atom. The number of ether oxygens (including phenoxy) is 2. The Hall–Kier alpha value is -1.13. The van der Waals surface area contributed by atoms with Gasteiger partial charge in [-0.3, -0.25) is 4.99 Å². The van der Waals surface area contributed by atoms with E-state index in [2.05, 4.69) is 14.8 Å². The van der Waals surface area contributed by atoms with Gasteiger partial charge in [0, 0.05) is 52.1 Å². The van der Waals surface area contributed by atoms with E-state index in [4.69, 9.17) is 15.2 Å². The molecule has 1 aromatic rings. The van der Waals surface area contributed by atoms with E-state index in [1.807, 2.05) is 12.1 Å². The molecule has 1 aromatic carbocycles. The van der Waals surface area contributed by atoms with Crippen molar-refractivity contribution in [1.82, 2.24) is 4.90 Å². The Balaban J connectivity index is 0.00000312. The number of hydrogen-bond acceptors (Lipinski definition) is 4. The number of aliphatic imine (C=N–C) groups is 1. The Bertz CT molecular complexity index is 508. The zero-order chi connectivity index (χ0) is 17.2. The van der Waals surface area contributed by atoms with Gasteiger partial charge in [0.1, 0.15) is 5.82 Å². The predicted molar refractivity (Wildman–Crippen MR) is 109 cm³/mol. The number of rotatable bonds is 8. The molecule has 1 aliphatic rings. The zero-order valence-corrected chi connectivity index (χ0v) is 17.0. The fourth-order valence-corrected chi connectivity index (χ4v) is 2.55. The first kappa shape index (κ1) is 21.9. The van der Waals surface area contributed by atoms with E-state index in [0.29, 0.717) is 32.3 Å². The summed E-state index contributed by atoms with van der Waals surface area (Å²) in [6, 6.07) is 6.61. The first-order valence-corrected chi connectivity index (χ1v) is 8.33. The molecule has 0 bridgehead atoms. The number of methoxy groups -OCH3 is 1. The molecule has 6 nitrogen and oxygen atoms in total. The highest BCUT2D eigenvalue weighted by atomic mass is 127. The summed E-state index contributed by atoms with van der Waals surface area (Å²) >= 11 is 0. The van der Waals surface area contributed by atoms with Gasteiger partial charge in [0.2, 0.25) is 0 Å². The number of nitrogens with two attached hydrogens (primary N) is 1. The summed E-state index contributed by atoms with van der Waals surface area (Å²) < 4.78 is 23.3. The van der Waals surface area contributed by atoms with Crippen molar-refractivity contribution in [3.05, 3.63) is 30.1 Å². The second-order valence-electron chi connectivity index (χ2n) is 5.65. The van der Waals surface area contributed by atoms with Gasteiger partial charge in [0.05, 0.1) is 13.2 Å². The monoisotopic (exact) mass is 466 g/mol. The van der Waals surface area contributed by atoms with Crippen LogP contribution >= 0.6 is 24.0 Å². The van der Waals surface area contributed by atoms with E-state index < -0.39 is 0 Å². The highest BCUT2D eigenvalue weighted by Gasteiger charge is 2.18. The van der Waals surface area contributed by atoms with Crippen molar-refractivity contribution >= 4 is 35.6 Å². The quantitative estimate of drug-likeness (QED) is 0.275. The van der Waals surface area contributed by atoms with Gasteiger partial charge in [0.25, 0.3) is 0 Å². The Morgan fingerprint density at radius 1 is 1.12 bits per heavy atom. The zero-order valence-electron chi connectivity index (χ0n) is 14.7. The van der Waals surface area contributed by atoms with E-state index >= 15 is 0 Å². The minimum atomic E-state index is -0.208. The topological polar surface area (TPSA) is 63.3 Å². The number of halogens is 2. The molecule has 0 radical (unpaired) electrons. The molecule has 1 saturated heterocycles. The molecule has 0 spiro atoms. The molecule has 0 aromatic heterocycles. The molecule has 1 fully saturated rings. The first-order chi connectivity index (χ1) is 11.7. The molecule has 1 aliphatic heterocycles. The maximum Gasteiger partial charge on any atom is 0.191 e. The molecular weight excluding hydrogens is 438 g/mol. The van der Waals surface area contributed by atoms with Crippen molar-refractivity contribution in [2.75, 3.05) is 64.6 Å². The van der Waals surface area contributed by atoms with Crippen LogP contribution in [0.4, 0.5) is 10.1 Å². The van der Waals surface area contributed by atoms with Gasteiger partial charge in [0.15, 0.2) is 5.96 Å². The molecule has 0 amide bonds. The number of hydrogen-bond donors (Lipinski definition) is 1. The van der Waals surface area contributed by atoms with Crippen molar-refractivity contribution < 1.29 is 13.9 Å². The second kappa shape index (κ2) is 12.3. The lowest BCUT2D eigenvalue weighted by atomic mass is 10.2. The SMILES string of the molecule is COCCOCCCN=C(N)N1CCN(c2ccc(F)cc2)CC1.I. The minimum absolute atomic E-state index is 0. The highest BCUT2D eigenvalue weighted by Crippen LogP contribution is 2.16. The van der Waals surface area contributed by atoms with Crippen LogP contribution in [-0.4, -0.2) is 70.5 Å². The van der Waals surface area contributed by atoms with Crippen LogP contribution in [0.1, 0.15) is 6.42 Å². The Kier molecular flexibility index (Phi) is 10.7. The predicted octanol–water partition coefficient (Wildman–Crippen LogP) is 1.93. The van der Waals surface area contributed by atoms with Crippen molar-refractivity contribution in [2.45, 2.75) is 6.42 Å². The second-order valence-corrected chi connectivity index (χ2v) is 5.65. The normalized spacial score (nSPS) is 15.2. The molecule has 0 aliphatic carbocycles. The summed E-state index contributed by atoms with van der Waals surface area (Å²) in [7, 11) is 1.66. The average Bonchev–Trinajstić information content (AvgIpc) is 2.61. The third kappa shape index (κ3) is 7.74. The van der Waals surface area contributed by atoms with Crippen LogP contribution in [0, 0.1) is 5.82 Å². The molecule has 2 N–H and O–H groups in total. The number of guanidine groups is 1. The van der Waals surface area contributed by atoms with Crippen molar-refractivity contribution in [3.8, 4) is 0 Å². The lowest BCUT2D eigenvalue weighted by Crippen LogP contribution is -2.51. The van der Waals surface area contributed by atoms with E-state index in [-0.39, 0.29) is 29.8 Å². The summed E-state index contributed by atoms with van der Waals surface area (Å²) in [5.41, 5.74) is 7.10. The molecule has 142 valence electrons. The molecule has 1 heterocycles. The first-order valence-electron chi connectivity index (χ1n) is 8.33. The van der Waals surface area contributed by atoms with Crippen molar-refractivity contribution in [1.29, 1.82) is 0 Å². The molecule has 0 saturated carbocycles. The van der Waals surface area contributed by atoms with Gasteiger partial charge in [-0.15, -0.1) is 24.0 Å². The highest BCUT2D eigenvalue weighted by molar-refractivity contribution is 14.0. The smallest absolute Gasteiger partial charge is 0.191 e. The Morgan fingerprint density at radius 2 is 1.80 bits per heavy atom. The maximum absolute atomic E-state index is 13.0. The number of benzene rings is 1. The van der Waals surface area contributed by atoms with Crippen molar-refractivity contribution in [3.63, 3.8) is 0 Å².